The number of nitrogens with zero attached hydrogens (tertiary/aromatic N) is 2. The van der Waals surface area contributed by atoms with Crippen LogP contribution in [-0.2, 0) is 7.05 Å². The van der Waals surface area contributed by atoms with Crippen molar-refractivity contribution in [2.24, 2.45) is 12.9 Å². The van der Waals surface area contributed by atoms with Crippen LogP contribution in [0.3, 0.4) is 0 Å². The molecular weight excluding hydrogens is 140 g/mol. The minimum atomic E-state index is 0.528. The number of nitrogen functional groups attached to an aromatic ring is 1. The van der Waals surface area contributed by atoms with E-state index in [1.165, 1.54) is 6.20 Å². The summed E-state index contributed by atoms with van der Waals surface area (Å²) in [5.74, 6) is 5.72. The maximum atomic E-state index is 5.62. The molecule has 1 aromatic rings. The molecule has 0 atom stereocenters. The zero-order chi connectivity index (χ0) is 6.85. The van der Waals surface area contributed by atoms with Gasteiger partial charge in [-0.2, -0.15) is 5.10 Å². The van der Waals surface area contributed by atoms with E-state index in [4.69, 9.17) is 17.4 Å². The van der Waals surface area contributed by atoms with Gasteiger partial charge in [0, 0.05) is 7.05 Å². The van der Waals surface area contributed by atoms with Crippen LogP contribution in [0.15, 0.2) is 6.20 Å². The van der Waals surface area contributed by atoms with Crippen molar-refractivity contribution >= 4 is 17.4 Å². The fourth-order valence-electron chi connectivity index (χ4n) is 0.573. The highest BCUT2D eigenvalue weighted by Gasteiger charge is 2.01. The molecule has 1 heterocycles. The zero-order valence-corrected chi connectivity index (χ0v) is 5.68. The SMILES string of the molecule is Cn1ncc(Cl)c1NN. The first-order valence-corrected chi connectivity index (χ1v) is 2.77. The van der Waals surface area contributed by atoms with E-state index in [9.17, 15) is 0 Å². The molecule has 0 amide bonds. The molecule has 50 valence electrons. The predicted molar refractivity (Wildman–Crippen MR) is 36.0 cm³/mol. The fourth-order valence-corrected chi connectivity index (χ4v) is 0.794. The Morgan fingerprint density at radius 3 is 2.78 bits per heavy atom. The lowest BCUT2D eigenvalue weighted by atomic mass is 10.6. The van der Waals surface area contributed by atoms with Gasteiger partial charge in [-0.05, 0) is 0 Å². The first kappa shape index (κ1) is 6.38. The highest BCUT2D eigenvalue weighted by Crippen LogP contribution is 2.17. The Bertz CT molecular complexity index is 187. The van der Waals surface area contributed by atoms with Gasteiger partial charge in [-0.15, -0.1) is 0 Å². The molecule has 0 spiro atoms. The average molecular weight is 147 g/mol. The summed E-state index contributed by atoms with van der Waals surface area (Å²) in [6.07, 6.45) is 1.52. The predicted octanol–water partition coefficient (Wildman–Crippen LogP) is 0.359. The lowest BCUT2D eigenvalue weighted by Crippen LogP contribution is -2.11. The largest absolute Gasteiger partial charge is 0.307 e. The summed E-state index contributed by atoms with van der Waals surface area (Å²) in [5.41, 5.74) is 2.41. The molecule has 0 aliphatic rings. The second kappa shape index (κ2) is 2.24. The molecule has 1 rings (SSSR count). The number of rotatable bonds is 1. The molecule has 1 aromatic heterocycles. The summed E-state index contributed by atoms with van der Waals surface area (Å²) >= 11 is 5.62. The molecule has 0 aromatic carbocycles. The molecule has 0 unspecified atom stereocenters. The average Bonchev–Trinajstić information content (AvgIpc) is 2.12. The Morgan fingerprint density at radius 1 is 1.89 bits per heavy atom. The third-order valence-electron chi connectivity index (χ3n) is 1.03. The Balaban J connectivity index is 3.07. The van der Waals surface area contributed by atoms with Crippen LogP contribution in [0.4, 0.5) is 5.82 Å². The summed E-state index contributed by atoms with van der Waals surface area (Å²) in [4.78, 5) is 0. The van der Waals surface area contributed by atoms with Crippen molar-refractivity contribution in [1.29, 1.82) is 0 Å². The van der Waals surface area contributed by atoms with Crippen LogP contribution in [-0.4, -0.2) is 9.78 Å². The Kier molecular flexibility index (Phi) is 1.59. The fraction of sp³-hybridized carbons (Fsp3) is 0.250. The number of aryl methyl sites for hydroxylation is 1. The van der Waals surface area contributed by atoms with Crippen molar-refractivity contribution in [1.82, 2.24) is 9.78 Å². The second-order valence-electron chi connectivity index (χ2n) is 1.61. The molecule has 5 heteroatoms. The number of nitrogens with two attached hydrogens (primary N) is 1. The molecule has 0 saturated heterocycles. The van der Waals surface area contributed by atoms with E-state index in [-0.39, 0.29) is 0 Å². The maximum absolute atomic E-state index is 5.62. The van der Waals surface area contributed by atoms with Gasteiger partial charge in [-0.1, -0.05) is 11.6 Å². The summed E-state index contributed by atoms with van der Waals surface area (Å²) in [6.45, 7) is 0. The molecule has 4 nitrogen and oxygen atoms in total. The van der Waals surface area contributed by atoms with Crippen LogP contribution in [0.25, 0.3) is 0 Å². The van der Waals surface area contributed by atoms with Gasteiger partial charge in [0.05, 0.1) is 6.20 Å². The van der Waals surface area contributed by atoms with Gasteiger partial charge < -0.3 is 5.43 Å². The molecule has 3 N–H and O–H groups in total. The number of nitrogens with one attached hydrogen (secondary N) is 1. The topological polar surface area (TPSA) is 55.9 Å². The van der Waals surface area contributed by atoms with Gasteiger partial charge in [-0.3, -0.25) is 4.68 Å². The molecular formula is C4H7ClN4. The Hall–Kier alpha value is -0.740. The molecule has 0 aliphatic carbocycles. The van der Waals surface area contributed by atoms with E-state index in [2.05, 4.69) is 10.5 Å². The highest BCUT2D eigenvalue weighted by molar-refractivity contribution is 6.32. The third kappa shape index (κ3) is 0.988. The van der Waals surface area contributed by atoms with Crippen LogP contribution < -0.4 is 11.3 Å². The minimum Gasteiger partial charge on any atom is -0.307 e. The van der Waals surface area contributed by atoms with Crippen molar-refractivity contribution in [2.75, 3.05) is 5.43 Å². The van der Waals surface area contributed by atoms with Crippen molar-refractivity contribution in [3.63, 3.8) is 0 Å². The van der Waals surface area contributed by atoms with E-state index in [1.54, 1.807) is 11.7 Å². The van der Waals surface area contributed by atoms with E-state index in [0.717, 1.165) is 0 Å². The molecule has 9 heavy (non-hydrogen) atoms. The normalized spacial score (nSPS) is 9.67. The maximum Gasteiger partial charge on any atom is 0.157 e. The molecule has 0 fully saturated rings. The smallest absolute Gasteiger partial charge is 0.157 e. The van der Waals surface area contributed by atoms with Crippen molar-refractivity contribution < 1.29 is 0 Å². The molecule has 0 bridgehead atoms. The number of aromatic nitrogens is 2. The van der Waals surface area contributed by atoms with Crippen LogP contribution in [0.5, 0.6) is 0 Å². The van der Waals surface area contributed by atoms with Gasteiger partial charge in [0.15, 0.2) is 5.82 Å². The van der Waals surface area contributed by atoms with Crippen LogP contribution in [0.2, 0.25) is 5.02 Å². The number of halogens is 1. The summed E-state index contributed by atoms with van der Waals surface area (Å²) < 4.78 is 1.56. The van der Waals surface area contributed by atoms with Gasteiger partial charge >= 0.3 is 0 Å². The number of hydrogen-bond donors (Lipinski definition) is 2. The van der Waals surface area contributed by atoms with E-state index in [1.807, 2.05) is 0 Å². The standard InChI is InChI=1S/C4H7ClN4/c1-9-4(8-6)3(5)2-7-9/h2,8H,6H2,1H3. The van der Waals surface area contributed by atoms with Crippen molar-refractivity contribution in [3.8, 4) is 0 Å². The van der Waals surface area contributed by atoms with Crippen LogP contribution in [0.1, 0.15) is 0 Å². The zero-order valence-electron chi connectivity index (χ0n) is 4.93. The van der Waals surface area contributed by atoms with Gasteiger partial charge in [0.25, 0.3) is 0 Å². The number of hydrazine groups is 1. The first-order chi connectivity index (χ1) is 4.25. The monoisotopic (exact) mass is 146 g/mol. The van der Waals surface area contributed by atoms with E-state index < -0.39 is 0 Å². The van der Waals surface area contributed by atoms with E-state index in [0.29, 0.717) is 10.8 Å². The Morgan fingerprint density at radius 2 is 2.56 bits per heavy atom. The Labute approximate surface area is 57.6 Å². The first-order valence-electron chi connectivity index (χ1n) is 2.40. The van der Waals surface area contributed by atoms with Crippen molar-refractivity contribution in [2.45, 2.75) is 0 Å². The summed E-state index contributed by atoms with van der Waals surface area (Å²) in [7, 11) is 1.75. The molecule has 0 saturated carbocycles. The van der Waals surface area contributed by atoms with Crippen LogP contribution in [0, 0.1) is 0 Å². The third-order valence-corrected chi connectivity index (χ3v) is 1.31. The number of hydrogen-bond acceptors (Lipinski definition) is 3. The lowest BCUT2D eigenvalue weighted by molar-refractivity contribution is 0.772. The van der Waals surface area contributed by atoms with Gasteiger partial charge in [0.1, 0.15) is 5.02 Å². The van der Waals surface area contributed by atoms with Crippen molar-refractivity contribution in [3.05, 3.63) is 11.2 Å². The summed E-state index contributed by atoms with van der Waals surface area (Å²) in [6, 6.07) is 0. The highest BCUT2D eigenvalue weighted by atomic mass is 35.5. The van der Waals surface area contributed by atoms with Crippen LogP contribution >= 0.6 is 11.6 Å². The second-order valence-corrected chi connectivity index (χ2v) is 2.02. The summed E-state index contributed by atoms with van der Waals surface area (Å²) in [5, 5.41) is 4.36. The van der Waals surface area contributed by atoms with Gasteiger partial charge in [0.2, 0.25) is 0 Å². The van der Waals surface area contributed by atoms with Gasteiger partial charge in [-0.25, -0.2) is 5.84 Å². The molecule has 0 radical (unpaired) electrons. The number of anilines is 1. The minimum absolute atomic E-state index is 0.528. The lowest BCUT2D eigenvalue weighted by Gasteiger charge is -1.97. The van der Waals surface area contributed by atoms with E-state index >= 15 is 0 Å². The quantitative estimate of drug-likeness (QED) is 0.444. The molecule has 0 aliphatic heterocycles.